The highest BCUT2D eigenvalue weighted by Crippen LogP contribution is 2.15. The molecule has 4 N–H and O–H groups in total. The summed E-state index contributed by atoms with van der Waals surface area (Å²) in [6, 6.07) is 18.4. The molecule has 0 aliphatic rings. The highest BCUT2D eigenvalue weighted by Gasteiger charge is 2.09. The van der Waals surface area contributed by atoms with Gasteiger partial charge in [0.25, 0.3) is 0 Å². The van der Waals surface area contributed by atoms with Crippen LogP contribution >= 0.6 is 0 Å². The minimum absolute atomic E-state index is 0.296. The van der Waals surface area contributed by atoms with Crippen molar-refractivity contribution in [2.75, 3.05) is 13.1 Å². The molecule has 2 unspecified atom stereocenters. The van der Waals surface area contributed by atoms with Gasteiger partial charge in [-0.3, -0.25) is 0 Å². The van der Waals surface area contributed by atoms with E-state index in [0.717, 1.165) is 11.1 Å². The molecule has 0 aliphatic carbocycles. The van der Waals surface area contributed by atoms with Crippen molar-refractivity contribution >= 4 is 6.03 Å². The van der Waals surface area contributed by atoms with E-state index in [2.05, 4.69) is 10.6 Å². The van der Waals surface area contributed by atoms with Gasteiger partial charge in [0.2, 0.25) is 0 Å². The van der Waals surface area contributed by atoms with Gasteiger partial charge in [0.15, 0.2) is 0 Å². The van der Waals surface area contributed by atoms with Gasteiger partial charge in [0.1, 0.15) is 0 Å². The van der Waals surface area contributed by atoms with Crippen molar-refractivity contribution in [3.63, 3.8) is 0 Å². The van der Waals surface area contributed by atoms with Gasteiger partial charge in [-0.1, -0.05) is 60.7 Å². The lowest BCUT2D eigenvalue weighted by molar-refractivity contribution is 0.164. The third-order valence-corrected chi connectivity index (χ3v) is 3.78. The van der Waals surface area contributed by atoms with E-state index in [1.807, 2.05) is 60.7 Å². The summed E-state index contributed by atoms with van der Waals surface area (Å²) >= 11 is 0. The SMILES string of the molecule is O=C(NCCC(O)c1ccccc1)NCCC(O)c1ccccc1. The van der Waals surface area contributed by atoms with E-state index in [0.29, 0.717) is 25.9 Å². The number of aliphatic hydroxyl groups excluding tert-OH is 2. The third-order valence-electron chi connectivity index (χ3n) is 3.78. The molecule has 0 bridgehead atoms. The van der Waals surface area contributed by atoms with Crippen LogP contribution in [0.3, 0.4) is 0 Å². The lowest BCUT2D eigenvalue weighted by Gasteiger charge is -2.13. The fourth-order valence-corrected chi connectivity index (χ4v) is 2.39. The molecule has 0 saturated carbocycles. The molecule has 0 saturated heterocycles. The molecule has 2 amide bonds. The zero-order valence-corrected chi connectivity index (χ0v) is 13.6. The van der Waals surface area contributed by atoms with Gasteiger partial charge in [-0.2, -0.15) is 0 Å². The standard InChI is InChI=1S/C19H24N2O3/c22-17(15-7-3-1-4-8-15)11-13-20-19(24)21-14-12-18(23)16-9-5-2-6-10-16/h1-10,17-18,22-23H,11-14H2,(H2,20,21,24). The van der Waals surface area contributed by atoms with Crippen molar-refractivity contribution in [3.05, 3.63) is 71.8 Å². The van der Waals surface area contributed by atoms with Gasteiger partial charge in [0.05, 0.1) is 12.2 Å². The second-order valence-electron chi connectivity index (χ2n) is 5.61. The molecule has 5 heteroatoms. The average Bonchev–Trinajstić information content (AvgIpc) is 2.63. The van der Waals surface area contributed by atoms with Crippen LogP contribution in [0.2, 0.25) is 0 Å². The highest BCUT2D eigenvalue weighted by atomic mass is 16.3. The Balaban J connectivity index is 1.60. The zero-order chi connectivity index (χ0) is 17.2. The molecule has 128 valence electrons. The summed E-state index contributed by atoms with van der Waals surface area (Å²) in [6.45, 7) is 0.756. The summed E-state index contributed by atoms with van der Waals surface area (Å²) < 4.78 is 0. The van der Waals surface area contributed by atoms with Crippen LogP contribution in [-0.4, -0.2) is 29.3 Å². The van der Waals surface area contributed by atoms with E-state index < -0.39 is 12.2 Å². The Bertz CT molecular complexity index is 551. The van der Waals surface area contributed by atoms with E-state index >= 15 is 0 Å². The number of hydrogen-bond donors (Lipinski definition) is 4. The lowest BCUT2D eigenvalue weighted by atomic mass is 10.1. The van der Waals surface area contributed by atoms with Gasteiger partial charge < -0.3 is 20.8 Å². The molecule has 0 radical (unpaired) electrons. The van der Waals surface area contributed by atoms with Crippen LogP contribution in [-0.2, 0) is 0 Å². The molecule has 0 fully saturated rings. The number of rotatable bonds is 8. The number of amides is 2. The summed E-state index contributed by atoms with van der Waals surface area (Å²) in [6.07, 6.45) is -0.286. The van der Waals surface area contributed by atoms with Gasteiger partial charge in [-0.15, -0.1) is 0 Å². The summed E-state index contributed by atoms with van der Waals surface area (Å²) in [4.78, 5) is 11.7. The second-order valence-corrected chi connectivity index (χ2v) is 5.61. The van der Waals surface area contributed by atoms with Gasteiger partial charge in [-0.05, 0) is 24.0 Å². The smallest absolute Gasteiger partial charge is 0.314 e. The van der Waals surface area contributed by atoms with Crippen molar-refractivity contribution in [3.8, 4) is 0 Å². The fraction of sp³-hybridized carbons (Fsp3) is 0.316. The van der Waals surface area contributed by atoms with E-state index in [4.69, 9.17) is 0 Å². The van der Waals surface area contributed by atoms with Crippen LogP contribution in [0.4, 0.5) is 4.79 Å². The van der Waals surface area contributed by atoms with Crippen LogP contribution in [0, 0.1) is 0 Å². The minimum atomic E-state index is -0.591. The molecule has 0 spiro atoms. The topological polar surface area (TPSA) is 81.6 Å². The van der Waals surface area contributed by atoms with Gasteiger partial charge in [-0.25, -0.2) is 4.79 Å². The van der Waals surface area contributed by atoms with Gasteiger partial charge >= 0.3 is 6.03 Å². The van der Waals surface area contributed by atoms with Crippen molar-refractivity contribution in [2.24, 2.45) is 0 Å². The molecular weight excluding hydrogens is 304 g/mol. The number of carbonyl (C=O) groups excluding carboxylic acids is 1. The first kappa shape index (κ1) is 18.0. The molecule has 0 heterocycles. The summed E-state index contributed by atoms with van der Waals surface area (Å²) in [5.41, 5.74) is 1.68. The Hall–Kier alpha value is -2.37. The molecule has 2 rings (SSSR count). The molecule has 2 aromatic rings. The third kappa shape index (κ3) is 6.02. The molecule has 24 heavy (non-hydrogen) atoms. The van der Waals surface area contributed by atoms with E-state index in [9.17, 15) is 15.0 Å². The first-order valence-electron chi connectivity index (χ1n) is 8.14. The van der Waals surface area contributed by atoms with Crippen molar-refractivity contribution in [2.45, 2.75) is 25.0 Å². The predicted molar refractivity (Wildman–Crippen MR) is 93.4 cm³/mol. The molecule has 0 aromatic heterocycles. The maximum Gasteiger partial charge on any atom is 0.314 e. The number of urea groups is 1. The quantitative estimate of drug-likeness (QED) is 0.601. The van der Waals surface area contributed by atoms with Gasteiger partial charge in [0, 0.05) is 13.1 Å². The number of hydrogen-bond acceptors (Lipinski definition) is 3. The van der Waals surface area contributed by atoms with Crippen LogP contribution in [0.1, 0.15) is 36.2 Å². The fourth-order valence-electron chi connectivity index (χ4n) is 2.39. The highest BCUT2D eigenvalue weighted by molar-refractivity contribution is 5.73. The van der Waals surface area contributed by atoms with Crippen molar-refractivity contribution in [1.82, 2.24) is 10.6 Å². The van der Waals surface area contributed by atoms with E-state index in [1.165, 1.54) is 0 Å². The normalized spacial score (nSPS) is 13.1. The monoisotopic (exact) mass is 328 g/mol. The molecular formula is C19H24N2O3. The number of benzene rings is 2. The zero-order valence-electron chi connectivity index (χ0n) is 13.6. The Morgan fingerprint density at radius 1 is 0.750 bits per heavy atom. The molecule has 2 atom stereocenters. The van der Waals surface area contributed by atoms with Crippen LogP contribution in [0.15, 0.2) is 60.7 Å². The van der Waals surface area contributed by atoms with Crippen LogP contribution < -0.4 is 10.6 Å². The lowest BCUT2D eigenvalue weighted by Crippen LogP contribution is -2.37. The number of carbonyl (C=O) groups is 1. The van der Waals surface area contributed by atoms with Crippen molar-refractivity contribution < 1.29 is 15.0 Å². The Morgan fingerprint density at radius 2 is 1.12 bits per heavy atom. The Morgan fingerprint density at radius 3 is 1.50 bits per heavy atom. The first-order valence-corrected chi connectivity index (χ1v) is 8.14. The Labute approximate surface area is 142 Å². The predicted octanol–water partition coefficient (Wildman–Crippen LogP) is 2.53. The summed E-state index contributed by atoms with van der Waals surface area (Å²) in [7, 11) is 0. The average molecular weight is 328 g/mol. The van der Waals surface area contributed by atoms with Crippen molar-refractivity contribution in [1.29, 1.82) is 0 Å². The largest absolute Gasteiger partial charge is 0.388 e. The van der Waals surface area contributed by atoms with Crippen LogP contribution in [0.5, 0.6) is 0 Å². The van der Waals surface area contributed by atoms with E-state index in [-0.39, 0.29) is 6.03 Å². The molecule has 2 aromatic carbocycles. The molecule has 5 nitrogen and oxygen atoms in total. The number of aliphatic hydroxyl groups is 2. The summed E-state index contributed by atoms with van der Waals surface area (Å²) in [5, 5.41) is 25.4. The maximum absolute atomic E-state index is 11.7. The first-order chi connectivity index (χ1) is 11.7. The number of nitrogens with one attached hydrogen (secondary N) is 2. The Kier molecular flexibility index (Phi) is 7.26. The molecule has 0 aliphatic heterocycles. The van der Waals surface area contributed by atoms with Crippen LogP contribution in [0.25, 0.3) is 0 Å². The second kappa shape index (κ2) is 9.70. The summed E-state index contributed by atoms with van der Waals surface area (Å²) in [5.74, 6) is 0. The minimum Gasteiger partial charge on any atom is -0.388 e. The maximum atomic E-state index is 11.7. The van der Waals surface area contributed by atoms with E-state index in [1.54, 1.807) is 0 Å².